The Balaban J connectivity index is 1.41. The molecule has 6 heteroatoms. The lowest BCUT2D eigenvalue weighted by Gasteiger charge is -2.28. The third-order valence-electron chi connectivity index (χ3n) is 4.45. The normalized spacial score (nSPS) is 16.4. The lowest BCUT2D eigenvalue weighted by molar-refractivity contribution is 0.00972. The molecule has 1 aromatic carbocycles. The molecule has 4 rings (SSSR count). The third kappa shape index (κ3) is 3.36. The van der Waals surface area contributed by atoms with Crippen LogP contribution >= 0.6 is 11.3 Å². The van der Waals surface area contributed by atoms with Gasteiger partial charge in [-0.15, -0.1) is 11.3 Å². The molecule has 2 aromatic heterocycles. The summed E-state index contributed by atoms with van der Waals surface area (Å²) in [7, 11) is 1.80. The Morgan fingerprint density at radius 1 is 1.32 bits per heavy atom. The van der Waals surface area contributed by atoms with Crippen molar-refractivity contribution < 1.29 is 9.53 Å². The Bertz CT molecular complexity index is 872. The molecular formula is C19H19N3O2S. The highest BCUT2D eigenvalue weighted by Crippen LogP contribution is 2.24. The van der Waals surface area contributed by atoms with Crippen molar-refractivity contribution in [2.75, 3.05) is 13.6 Å². The second-order valence-electron chi connectivity index (χ2n) is 6.24. The van der Waals surface area contributed by atoms with Crippen LogP contribution < -0.4 is 0 Å². The van der Waals surface area contributed by atoms with Gasteiger partial charge in [0, 0.05) is 20.0 Å². The number of fused-ring (bicyclic) bond motifs is 1. The van der Waals surface area contributed by atoms with Crippen molar-refractivity contribution in [3.63, 3.8) is 0 Å². The Hall–Kier alpha value is -2.44. The number of hydrogen-bond acceptors (Lipinski definition) is 4. The molecule has 0 aliphatic carbocycles. The molecule has 1 amide bonds. The summed E-state index contributed by atoms with van der Waals surface area (Å²) in [5.41, 5.74) is 3.84. The second-order valence-corrected chi connectivity index (χ2v) is 7.18. The van der Waals surface area contributed by atoms with E-state index in [9.17, 15) is 4.79 Å². The fraction of sp³-hybridized carbons (Fsp3) is 0.263. The van der Waals surface area contributed by atoms with Crippen molar-refractivity contribution >= 4 is 17.2 Å². The van der Waals surface area contributed by atoms with E-state index in [1.807, 2.05) is 35.7 Å². The average molecular weight is 353 g/mol. The van der Waals surface area contributed by atoms with Crippen LogP contribution in [0.4, 0.5) is 0 Å². The van der Waals surface area contributed by atoms with Crippen molar-refractivity contribution in [3.8, 4) is 10.6 Å². The van der Waals surface area contributed by atoms with E-state index in [-0.39, 0.29) is 12.0 Å². The smallest absolute Gasteiger partial charge is 0.274 e. The summed E-state index contributed by atoms with van der Waals surface area (Å²) in [6.07, 6.45) is 0.842. The Kier molecular flexibility index (Phi) is 4.38. The summed E-state index contributed by atoms with van der Waals surface area (Å²) >= 11 is 1.62. The summed E-state index contributed by atoms with van der Waals surface area (Å²) in [6.45, 7) is 1.15. The summed E-state index contributed by atoms with van der Waals surface area (Å²) in [5, 5.41) is 9.12. The van der Waals surface area contributed by atoms with E-state index in [1.165, 1.54) is 11.1 Å². The van der Waals surface area contributed by atoms with Crippen molar-refractivity contribution in [2.45, 2.75) is 19.1 Å². The average Bonchev–Trinajstić information content (AvgIpc) is 3.32. The first-order valence-electron chi connectivity index (χ1n) is 8.24. The zero-order valence-electron chi connectivity index (χ0n) is 13.9. The van der Waals surface area contributed by atoms with Crippen LogP contribution in [-0.2, 0) is 17.8 Å². The SMILES string of the molecule is CN(CC1Cc2ccccc2CO1)C(=O)c1cc(-c2cccs2)[nH]n1. The van der Waals surface area contributed by atoms with Gasteiger partial charge in [-0.05, 0) is 28.6 Å². The number of aromatic amines is 1. The second kappa shape index (κ2) is 6.82. The third-order valence-corrected chi connectivity index (χ3v) is 5.35. The van der Waals surface area contributed by atoms with Gasteiger partial charge in [-0.25, -0.2) is 0 Å². The van der Waals surface area contributed by atoms with Gasteiger partial charge in [0.1, 0.15) is 0 Å². The van der Waals surface area contributed by atoms with E-state index < -0.39 is 0 Å². The molecule has 1 aliphatic heterocycles. The van der Waals surface area contributed by atoms with E-state index in [0.717, 1.165) is 17.0 Å². The summed E-state index contributed by atoms with van der Waals surface area (Å²) < 4.78 is 5.90. The van der Waals surface area contributed by atoms with E-state index in [1.54, 1.807) is 23.3 Å². The molecular weight excluding hydrogens is 334 g/mol. The van der Waals surface area contributed by atoms with E-state index in [0.29, 0.717) is 18.8 Å². The highest BCUT2D eigenvalue weighted by Gasteiger charge is 2.23. The summed E-state index contributed by atoms with van der Waals surface area (Å²) in [6, 6.07) is 14.1. The molecule has 0 saturated carbocycles. The maximum Gasteiger partial charge on any atom is 0.274 e. The fourth-order valence-electron chi connectivity index (χ4n) is 3.10. The minimum atomic E-state index is -0.0958. The van der Waals surface area contributed by atoms with Crippen LogP contribution in [0.2, 0.25) is 0 Å². The van der Waals surface area contributed by atoms with Gasteiger partial charge < -0.3 is 9.64 Å². The standard InChI is InChI=1S/C19H19N3O2S/c1-22(11-15-9-13-5-2-3-6-14(13)12-24-15)19(23)17-10-16(20-21-17)18-7-4-8-25-18/h2-8,10,15H,9,11-12H2,1H3,(H,20,21). The topological polar surface area (TPSA) is 58.2 Å². The number of likely N-dealkylation sites (N-methyl/N-ethyl adjacent to an activating group) is 1. The molecule has 0 bridgehead atoms. The van der Waals surface area contributed by atoms with Gasteiger partial charge in [0.25, 0.3) is 5.91 Å². The lowest BCUT2D eigenvalue weighted by atomic mass is 9.99. The molecule has 0 fully saturated rings. The maximum atomic E-state index is 12.6. The van der Waals surface area contributed by atoms with E-state index >= 15 is 0 Å². The number of carbonyl (C=O) groups excluding carboxylic acids is 1. The molecule has 1 atom stereocenters. The molecule has 0 spiro atoms. The number of carbonyl (C=O) groups is 1. The molecule has 3 heterocycles. The molecule has 0 radical (unpaired) electrons. The molecule has 1 unspecified atom stereocenters. The Morgan fingerprint density at radius 3 is 2.96 bits per heavy atom. The zero-order chi connectivity index (χ0) is 17.2. The van der Waals surface area contributed by atoms with Gasteiger partial charge in [0.05, 0.1) is 23.3 Å². The van der Waals surface area contributed by atoms with Gasteiger partial charge in [-0.1, -0.05) is 30.3 Å². The predicted molar refractivity (Wildman–Crippen MR) is 97.6 cm³/mol. The minimum Gasteiger partial charge on any atom is -0.371 e. The quantitative estimate of drug-likeness (QED) is 0.782. The first-order valence-corrected chi connectivity index (χ1v) is 9.12. The molecule has 0 saturated heterocycles. The molecule has 1 aliphatic rings. The van der Waals surface area contributed by atoms with Gasteiger partial charge >= 0.3 is 0 Å². The molecule has 128 valence electrons. The van der Waals surface area contributed by atoms with Crippen LogP contribution in [0.15, 0.2) is 47.8 Å². The number of rotatable bonds is 4. The zero-order valence-corrected chi connectivity index (χ0v) is 14.8. The van der Waals surface area contributed by atoms with Gasteiger partial charge in [0.15, 0.2) is 5.69 Å². The van der Waals surface area contributed by atoms with Gasteiger partial charge in [-0.2, -0.15) is 5.10 Å². The molecule has 3 aromatic rings. The van der Waals surface area contributed by atoms with Crippen molar-refractivity contribution in [1.29, 1.82) is 0 Å². The van der Waals surface area contributed by atoms with Crippen molar-refractivity contribution in [1.82, 2.24) is 15.1 Å². The van der Waals surface area contributed by atoms with Crippen LogP contribution in [0, 0.1) is 0 Å². The summed E-state index contributed by atoms with van der Waals surface area (Å²) in [5.74, 6) is -0.0958. The number of amides is 1. The monoisotopic (exact) mass is 353 g/mol. The maximum absolute atomic E-state index is 12.6. The van der Waals surface area contributed by atoms with Crippen LogP contribution in [0.3, 0.4) is 0 Å². The molecule has 5 nitrogen and oxygen atoms in total. The van der Waals surface area contributed by atoms with Crippen molar-refractivity contribution in [3.05, 3.63) is 64.7 Å². The van der Waals surface area contributed by atoms with Gasteiger partial charge in [0.2, 0.25) is 0 Å². The van der Waals surface area contributed by atoms with E-state index in [4.69, 9.17) is 4.74 Å². The first-order chi connectivity index (χ1) is 12.2. The number of nitrogens with one attached hydrogen (secondary N) is 1. The van der Waals surface area contributed by atoms with E-state index in [2.05, 4.69) is 22.3 Å². The number of ether oxygens (including phenoxy) is 1. The lowest BCUT2D eigenvalue weighted by Crippen LogP contribution is -2.38. The Morgan fingerprint density at radius 2 is 2.16 bits per heavy atom. The number of hydrogen-bond donors (Lipinski definition) is 1. The van der Waals surface area contributed by atoms with Crippen molar-refractivity contribution in [2.24, 2.45) is 0 Å². The number of benzene rings is 1. The molecule has 25 heavy (non-hydrogen) atoms. The highest BCUT2D eigenvalue weighted by atomic mass is 32.1. The van der Waals surface area contributed by atoms with Crippen LogP contribution in [0.1, 0.15) is 21.6 Å². The van der Waals surface area contributed by atoms with Crippen LogP contribution in [0.25, 0.3) is 10.6 Å². The Labute approximate surface area is 150 Å². The summed E-state index contributed by atoms with van der Waals surface area (Å²) in [4.78, 5) is 15.4. The number of nitrogens with zero attached hydrogens (tertiary/aromatic N) is 2. The number of H-pyrrole nitrogens is 1. The van der Waals surface area contributed by atoms with Crippen LogP contribution in [0.5, 0.6) is 0 Å². The minimum absolute atomic E-state index is 0.0135. The first kappa shape index (κ1) is 16.1. The highest BCUT2D eigenvalue weighted by molar-refractivity contribution is 7.13. The van der Waals surface area contributed by atoms with Gasteiger partial charge in [-0.3, -0.25) is 9.89 Å². The fourth-order valence-corrected chi connectivity index (χ4v) is 3.79. The van der Waals surface area contributed by atoms with Crippen LogP contribution in [-0.4, -0.2) is 40.7 Å². The number of aromatic nitrogens is 2. The largest absolute Gasteiger partial charge is 0.371 e. The molecule has 1 N–H and O–H groups in total. The predicted octanol–water partition coefficient (Wildman–Crippen LogP) is 3.35. The number of thiophene rings is 1.